The van der Waals surface area contributed by atoms with Crippen LogP contribution < -0.4 is 9.80 Å². The molecule has 1 amide bonds. The first-order valence-electron chi connectivity index (χ1n) is 6.96. The van der Waals surface area contributed by atoms with Gasteiger partial charge in [0.05, 0.1) is 13.2 Å². The molecule has 0 aliphatic carbocycles. The normalized spacial score (nSPS) is 23.2. The second kappa shape index (κ2) is 5.63. The molecule has 3 rings (SSSR count). The van der Waals surface area contributed by atoms with Crippen LogP contribution >= 0.6 is 0 Å². The highest BCUT2D eigenvalue weighted by Crippen LogP contribution is 2.26. The number of nitrogens with zero attached hydrogens (tertiary/aromatic N) is 2. The molecule has 0 N–H and O–H groups in total. The first kappa shape index (κ1) is 13.1. The van der Waals surface area contributed by atoms with Gasteiger partial charge in [-0.15, -0.1) is 0 Å². The topological polar surface area (TPSA) is 49.9 Å². The fourth-order valence-corrected chi connectivity index (χ4v) is 2.74. The van der Waals surface area contributed by atoms with Gasteiger partial charge in [-0.1, -0.05) is 0 Å². The molecule has 1 atom stereocenters. The van der Waals surface area contributed by atoms with E-state index in [1.54, 1.807) is 4.90 Å². The predicted molar refractivity (Wildman–Crippen MR) is 76.0 cm³/mol. The molecule has 2 aliphatic heterocycles. The molecule has 0 saturated carbocycles. The summed E-state index contributed by atoms with van der Waals surface area (Å²) >= 11 is 0. The van der Waals surface area contributed by atoms with Crippen LogP contribution in [0.5, 0.6) is 0 Å². The summed E-state index contributed by atoms with van der Waals surface area (Å²) in [7, 11) is 0. The molecule has 2 fully saturated rings. The maximum atomic E-state index is 11.9. The molecule has 1 unspecified atom stereocenters. The predicted octanol–water partition coefficient (Wildman–Crippen LogP) is 1.07. The Morgan fingerprint density at radius 2 is 1.75 bits per heavy atom. The highest BCUT2D eigenvalue weighted by molar-refractivity contribution is 5.98. The highest BCUT2D eigenvalue weighted by atomic mass is 16.5. The summed E-state index contributed by atoms with van der Waals surface area (Å²) in [6.07, 6.45) is 1.20. The summed E-state index contributed by atoms with van der Waals surface area (Å²) in [6, 6.07) is 7.97. The zero-order chi connectivity index (χ0) is 13.9. The second-order valence-electron chi connectivity index (χ2n) is 5.22. The number of carbonyl (C=O) groups is 2. The van der Waals surface area contributed by atoms with E-state index in [9.17, 15) is 9.59 Å². The summed E-state index contributed by atoms with van der Waals surface area (Å²) < 4.78 is 5.34. The number of rotatable bonds is 3. The average Bonchev–Trinajstić information content (AvgIpc) is 2.89. The molecule has 0 radical (unpaired) electrons. The molecule has 20 heavy (non-hydrogen) atoms. The van der Waals surface area contributed by atoms with Gasteiger partial charge in [0.25, 0.3) is 0 Å². The van der Waals surface area contributed by atoms with Gasteiger partial charge < -0.3 is 19.3 Å². The number of amides is 1. The minimum Gasteiger partial charge on any atom is -0.378 e. The van der Waals surface area contributed by atoms with Gasteiger partial charge in [-0.25, -0.2) is 0 Å². The van der Waals surface area contributed by atoms with Crippen molar-refractivity contribution in [2.75, 3.05) is 42.6 Å². The second-order valence-corrected chi connectivity index (χ2v) is 5.22. The first-order valence-corrected chi connectivity index (χ1v) is 6.96. The molecular formula is C15H18N2O3. The van der Waals surface area contributed by atoms with E-state index in [0.717, 1.165) is 44.0 Å². The quantitative estimate of drug-likeness (QED) is 0.774. The van der Waals surface area contributed by atoms with Gasteiger partial charge in [0.1, 0.15) is 6.29 Å². The van der Waals surface area contributed by atoms with Crippen molar-refractivity contribution >= 4 is 23.6 Å². The monoisotopic (exact) mass is 274 g/mol. The largest absolute Gasteiger partial charge is 0.378 e. The van der Waals surface area contributed by atoms with Gasteiger partial charge in [-0.2, -0.15) is 0 Å². The van der Waals surface area contributed by atoms with Crippen LogP contribution in [0.3, 0.4) is 0 Å². The third-order valence-electron chi connectivity index (χ3n) is 3.89. The van der Waals surface area contributed by atoms with Crippen LogP contribution in [-0.2, 0) is 14.3 Å². The number of carbonyl (C=O) groups excluding carboxylic acids is 2. The van der Waals surface area contributed by atoms with E-state index in [-0.39, 0.29) is 11.8 Å². The lowest BCUT2D eigenvalue weighted by Crippen LogP contribution is -2.36. The third-order valence-corrected chi connectivity index (χ3v) is 3.89. The Balaban J connectivity index is 1.72. The molecule has 1 aromatic carbocycles. The molecule has 1 aromatic rings. The summed E-state index contributed by atoms with van der Waals surface area (Å²) in [5.74, 6) is -0.136. The van der Waals surface area contributed by atoms with Crippen molar-refractivity contribution in [2.45, 2.75) is 6.42 Å². The minimum atomic E-state index is -0.165. The van der Waals surface area contributed by atoms with Gasteiger partial charge in [0.15, 0.2) is 0 Å². The van der Waals surface area contributed by atoms with E-state index in [0.29, 0.717) is 13.0 Å². The lowest BCUT2D eigenvalue weighted by molar-refractivity contribution is -0.119. The Bertz CT molecular complexity index is 494. The van der Waals surface area contributed by atoms with E-state index in [1.807, 2.05) is 24.3 Å². The van der Waals surface area contributed by atoms with Crippen LogP contribution in [0, 0.1) is 5.92 Å². The molecule has 0 aromatic heterocycles. The summed E-state index contributed by atoms with van der Waals surface area (Å²) in [5, 5.41) is 0. The first-order chi connectivity index (χ1) is 9.78. The fraction of sp³-hybridized carbons (Fsp3) is 0.467. The van der Waals surface area contributed by atoms with Gasteiger partial charge in [-0.3, -0.25) is 4.79 Å². The van der Waals surface area contributed by atoms with Crippen molar-refractivity contribution in [3.05, 3.63) is 24.3 Å². The van der Waals surface area contributed by atoms with Gasteiger partial charge in [0.2, 0.25) is 5.91 Å². The Hall–Kier alpha value is -1.88. The molecule has 2 heterocycles. The number of benzene rings is 1. The van der Waals surface area contributed by atoms with E-state index >= 15 is 0 Å². The van der Waals surface area contributed by atoms with Crippen LogP contribution in [0.2, 0.25) is 0 Å². The molecular weight excluding hydrogens is 256 g/mol. The smallest absolute Gasteiger partial charge is 0.227 e. The average molecular weight is 274 g/mol. The number of aldehydes is 1. The summed E-state index contributed by atoms with van der Waals surface area (Å²) in [6.45, 7) is 3.81. The van der Waals surface area contributed by atoms with Crippen molar-refractivity contribution < 1.29 is 14.3 Å². The number of anilines is 2. The Kier molecular flexibility index (Phi) is 3.69. The molecule has 0 spiro atoms. The van der Waals surface area contributed by atoms with E-state index in [1.165, 1.54) is 0 Å². The van der Waals surface area contributed by atoms with Crippen molar-refractivity contribution in [3.63, 3.8) is 0 Å². The number of ether oxygens (including phenoxy) is 1. The zero-order valence-electron chi connectivity index (χ0n) is 11.3. The maximum absolute atomic E-state index is 11.9. The van der Waals surface area contributed by atoms with Crippen LogP contribution in [0.1, 0.15) is 6.42 Å². The minimum absolute atomic E-state index is 0.0289. The van der Waals surface area contributed by atoms with Crippen LogP contribution in [-0.4, -0.2) is 45.0 Å². The number of hydrogen-bond donors (Lipinski definition) is 0. The summed E-state index contributed by atoms with van der Waals surface area (Å²) in [4.78, 5) is 26.6. The fourth-order valence-electron chi connectivity index (χ4n) is 2.74. The molecule has 106 valence electrons. The van der Waals surface area contributed by atoms with Crippen LogP contribution in [0.25, 0.3) is 0 Å². The third kappa shape index (κ3) is 2.54. The Morgan fingerprint density at radius 3 is 2.35 bits per heavy atom. The Labute approximate surface area is 118 Å². The van der Waals surface area contributed by atoms with E-state index < -0.39 is 0 Å². The number of hydrogen-bond acceptors (Lipinski definition) is 4. The number of morpholine rings is 1. The standard InChI is InChI=1S/C15H18N2O3/c18-11-12-9-15(19)17(10-12)14-3-1-13(2-4-14)16-5-7-20-8-6-16/h1-4,11-12H,5-10H2. The molecule has 0 bridgehead atoms. The van der Waals surface area contributed by atoms with Crippen molar-refractivity contribution in [2.24, 2.45) is 5.92 Å². The van der Waals surface area contributed by atoms with Crippen molar-refractivity contribution in [1.82, 2.24) is 0 Å². The molecule has 2 saturated heterocycles. The highest BCUT2D eigenvalue weighted by Gasteiger charge is 2.30. The van der Waals surface area contributed by atoms with Crippen LogP contribution in [0.4, 0.5) is 11.4 Å². The summed E-state index contributed by atoms with van der Waals surface area (Å²) in [5.41, 5.74) is 2.02. The lowest BCUT2D eigenvalue weighted by Gasteiger charge is -2.29. The maximum Gasteiger partial charge on any atom is 0.227 e. The zero-order valence-corrected chi connectivity index (χ0v) is 11.3. The van der Waals surface area contributed by atoms with Gasteiger partial charge in [0, 0.05) is 43.3 Å². The van der Waals surface area contributed by atoms with Crippen molar-refractivity contribution in [3.8, 4) is 0 Å². The molecule has 5 nitrogen and oxygen atoms in total. The molecule has 2 aliphatic rings. The van der Waals surface area contributed by atoms with Crippen molar-refractivity contribution in [1.29, 1.82) is 0 Å². The molecule has 5 heteroatoms. The Morgan fingerprint density at radius 1 is 1.10 bits per heavy atom. The van der Waals surface area contributed by atoms with E-state index in [4.69, 9.17) is 4.74 Å². The van der Waals surface area contributed by atoms with Gasteiger partial charge in [-0.05, 0) is 24.3 Å². The van der Waals surface area contributed by atoms with E-state index in [2.05, 4.69) is 4.90 Å². The van der Waals surface area contributed by atoms with Crippen LogP contribution in [0.15, 0.2) is 24.3 Å². The lowest BCUT2D eigenvalue weighted by atomic mass is 10.1. The van der Waals surface area contributed by atoms with Gasteiger partial charge >= 0.3 is 0 Å². The SMILES string of the molecule is O=CC1CC(=O)N(c2ccc(N3CCOCC3)cc2)C1.